The second-order valence-corrected chi connectivity index (χ2v) is 11.0. The predicted octanol–water partition coefficient (Wildman–Crippen LogP) is 5.70. The Morgan fingerprint density at radius 2 is 1.76 bits per heavy atom. The number of hydrogen-bond acceptors (Lipinski definition) is 6. The van der Waals surface area contributed by atoms with Crippen molar-refractivity contribution in [1.29, 1.82) is 0 Å². The molecule has 4 rings (SSSR count). The molecule has 1 fully saturated rings. The second kappa shape index (κ2) is 9.85. The van der Waals surface area contributed by atoms with Gasteiger partial charge in [0.25, 0.3) is 5.56 Å². The Balaban J connectivity index is 1.51. The average Bonchev–Trinajstić information content (AvgIpc) is 2.77. The maximum Gasteiger partial charge on any atom is 0.255 e. The molecular weight excluding hydrogens is 430 g/mol. The molecule has 0 spiro atoms. The van der Waals surface area contributed by atoms with E-state index in [0.717, 1.165) is 16.6 Å². The number of piperidine rings is 1. The SMILES string of the molecule is Cc1cc(SC2CCN(C(C)C)CC2)ccc1Nc1ncc2cc(C)c(=O)n(C(C)C)c2n1. The summed E-state index contributed by atoms with van der Waals surface area (Å²) in [5, 5.41) is 4.91. The van der Waals surface area contributed by atoms with Crippen LogP contribution < -0.4 is 10.9 Å². The molecule has 0 saturated carbocycles. The van der Waals surface area contributed by atoms with Crippen LogP contribution in [0.2, 0.25) is 0 Å². The monoisotopic (exact) mass is 465 g/mol. The number of aromatic nitrogens is 3. The lowest BCUT2D eigenvalue weighted by atomic mass is 10.1. The Bertz CT molecular complexity index is 1200. The molecule has 0 atom stereocenters. The summed E-state index contributed by atoms with van der Waals surface area (Å²) < 4.78 is 1.74. The van der Waals surface area contributed by atoms with Crippen LogP contribution in [0.4, 0.5) is 11.6 Å². The molecule has 3 heterocycles. The zero-order valence-corrected chi connectivity index (χ0v) is 21.4. The number of likely N-dealkylation sites (tertiary alicyclic amines) is 1. The van der Waals surface area contributed by atoms with Crippen LogP contribution in [0.15, 0.2) is 40.2 Å². The van der Waals surface area contributed by atoms with E-state index in [9.17, 15) is 4.79 Å². The minimum Gasteiger partial charge on any atom is -0.324 e. The van der Waals surface area contributed by atoms with Crippen LogP contribution in [0, 0.1) is 13.8 Å². The molecule has 0 amide bonds. The van der Waals surface area contributed by atoms with Crippen LogP contribution >= 0.6 is 11.8 Å². The molecule has 3 aromatic rings. The Morgan fingerprint density at radius 1 is 1.03 bits per heavy atom. The van der Waals surface area contributed by atoms with E-state index in [2.05, 4.69) is 54.2 Å². The highest BCUT2D eigenvalue weighted by molar-refractivity contribution is 8.00. The van der Waals surface area contributed by atoms with Gasteiger partial charge in [-0.25, -0.2) is 4.98 Å². The molecule has 1 aliphatic heterocycles. The Morgan fingerprint density at radius 3 is 2.39 bits per heavy atom. The average molecular weight is 466 g/mol. The van der Waals surface area contributed by atoms with E-state index in [0.29, 0.717) is 28.5 Å². The van der Waals surface area contributed by atoms with E-state index in [4.69, 9.17) is 4.98 Å². The van der Waals surface area contributed by atoms with Crippen LogP contribution in [-0.4, -0.2) is 43.8 Å². The fourth-order valence-corrected chi connectivity index (χ4v) is 5.69. The molecule has 1 aliphatic rings. The number of nitrogens with zero attached hydrogens (tertiary/aromatic N) is 4. The maximum atomic E-state index is 12.7. The number of hydrogen-bond donors (Lipinski definition) is 1. The molecule has 6 nitrogen and oxygen atoms in total. The van der Waals surface area contributed by atoms with Crippen molar-refractivity contribution in [2.24, 2.45) is 0 Å². The Kier molecular flexibility index (Phi) is 7.10. The van der Waals surface area contributed by atoms with Crippen LogP contribution in [0.25, 0.3) is 11.0 Å². The lowest BCUT2D eigenvalue weighted by molar-refractivity contribution is 0.188. The van der Waals surface area contributed by atoms with Crippen molar-refractivity contribution in [3.05, 3.63) is 51.9 Å². The summed E-state index contributed by atoms with van der Waals surface area (Å²) in [4.78, 5) is 25.8. The summed E-state index contributed by atoms with van der Waals surface area (Å²) in [5.41, 5.74) is 3.52. The van der Waals surface area contributed by atoms with Crippen molar-refractivity contribution < 1.29 is 0 Å². The van der Waals surface area contributed by atoms with E-state index in [-0.39, 0.29) is 11.6 Å². The number of pyridine rings is 1. The van der Waals surface area contributed by atoms with E-state index in [1.54, 1.807) is 10.8 Å². The molecule has 0 radical (unpaired) electrons. The summed E-state index contributed by atoms with van der Waals surface area (Å²) in [6.45, 7) is 14.9. The van der Waals surface area contributed by atoms with Crippen LogP contribution in [-0.2, 0) is 0 Å². The maximum absolute atomic E-state index is 12.7. The molecule has 1 saturated heterocycles. The van der Waals surface area contributed by atoms with Gasteiger partial charge in [-0.3, -0.25) is 9.36 Å². The van der Waals surface area contributed by atoms with Gasteiger partial charge in [0.2, 0.25) is 5.95 Å². The highest BCUT2D eigenvalue weighted by Crippen LogP contribution is 2.33. The molecule has 2 aromatic heterocycles. The first-order chi connectivity index (χ1) is 15.7. The van der Waals surface area contributed by atoms with Gasteiger partial charge in [0.05, 0.1) is 0 Å². The van der Waals surface area contributed by atoms with E-state index in [1.165, 1.54) is 30.8 Å². The van der Waals surface area contributed by atoms with E-state index in [1.807, 2.05) is 38.6 Å². The van der Waals surface area contributed by atoms with Crippen molar-refractivity contribution in [1.82, 2.24) is 19.4 Å². The zero-order chi connectivity index (χ0) is 23.7. The second-order valence-electron chi connectivity index (χ2n) is 9.62. The lowest BCUT2D eigenvalue weighted by Gasteiger charge is -2.34. The Labute approximate surface area is 200 Å². The fourth-order valence-electron chi connectivity index (χ4n) is 4.47. The third-order valence-corrected chi connectivity index (χ3v) is 7.75. The van der Waals surface area contributed by atoms with E-state index >= 15 is 0 Å². The predicted molar refractivity (Wildman–Crippen MR) is 139 cm³/mol. The molecule has 33 heavy (non-hydrogen) atoms. The highest BCUT2D eigenvalue weighted by atomic mass is 32.2. The first-order valence-corrected chi connectivity index (χ1v) is 12.8. The minimum absolute atomic E-state index is 0.000985. The molecule has 0 unspecified atom stereocenters. The quantitative estimate of drug-likeness (QED) is 0.504. The van der Waals surface area contributed by atoms with Gasteiger partial charge < -0.3 is 10.2 Å². The molecule has 0 aliphatic carbocycles. The summed E-state index contributed by atoms with van der Waals surface area (Å²) in [6.07, 6.45) is 4.27. The first-order valence-electron chi connectivity index (χ1n) is 11.9. The third-order valence-electron chi connectivity index (χ3n) is 6.42. The van der Waals surface area contributed by atoms with Crippen molar-refractivity contribution in [2.75, 3.05) is 18.4 Å². The minimum atomic E-state index is -0.000985. The van der Waals surface area contributed by atoms with E-state index < -0.39 is 0 Å². The molecule has 176 valence electrons. The molecule has 1 aromatic carbocycles. The fraction of sp³-hybridized carbons (Fsp3) is 0.500. The van der Waals surface area contributed by atoms with Crippen molar-refractivity contribution >= 4 is 34.4 Å². The van der Waals surface area contributed by atoms with Crippen molar-refractivity contribution in [3.8, 4) is 0 Å². The molecular formula is C26H35N5OS. The first kappa shape index (κ1) is 23.8. The van der Waals surface area contributed by atoms with Gasteiger partial charge in [-0.2, -0.15) is 4.98 Å². The summed E-state index contributed by atoms with van der Waals surface area (Å²) in [7, 11) is 0. The number of thioether (sulfide) groups is 1. The van der Waals surface area contributed by atoms with Gasteiger partial charge >= 0.3 is 0 Å². The van der Waals surface area contributed by atoms with Crippen LogP contribution in [0.1, 0.15) is 57.7 Å². The molecule has 7 heteroatoms. The van der Waals surface area contributed by atoms with Gasteiger partial charge in [-0.1, -0.05) is 0 Å². The van der Waals surface area contributed by atoms with Gasteiger partial charge in [0.1, 0.15) is 5.65 Å². The van der Waals surface area contributed by atoms with Gasteiger partial charge in [0, 0.05) is 45.1 Å². The summed E-state index contributed by atoms with van der Waals surface area (Å²) in [5.74, 6) is 0.504. The van der Waals surface area contributed by atoms with Crippen LogP contribution in [0.3, 0.4) is 0 Å². The van der Waals surface area contributed by atoms with Crippen LogP contribution in [0.5, 0.6) is 0 Å². The lowest BCUT2D eigenvalue weighted by Crippen LogP contribution is -2.39. The molecule has 1 N–H and O–H groups in total. The number of fused-ring (bicyclic) bond motifs is 1. The number of nitrogens with one attached hydrogen (secondary N) is 1. The zero-order valence-electron chi connectivity index (χ0n) is 20.6. The standard InChI is InChI=1S/C26H35N5OS/c1-16(2)30-11-9-21(10-12-30)33-22-7-8-23(18(5)14-22)28-26-27-15-20-13-19(6)25(32)31(17(3)4)24(20)29-26/h7-8,13-17,21H,9-12H2,1-6H3,(H,27,28,29). The van der Waals surface area contributed by atoms with Crippen molar-refractivity contribution in [2.45, 2.75) is 76.6 Å². The van der Waals surface area contributed by atoms with Gasteiger partial charge in [0.15, 0.2) is 0 Å². The topological polar surface area (TPSA) is 63.1 Å². The number of anilines is 2. The third kappa shape index (κ3) is 5.25. The smallest absolute Gasteiger partial charge is 0.255 e. The summed E-state index contributed by atoms with van der Waals surface area (Å²) in [6, 6.07) is 9.07. The summed E-state index contributed by atoms with van der Waals surface area (Å²) >= 11 is 1.99. The normalized spacial score (nSPS) is 15.6. The highest BCUT2D eigenvalue weighted by Gasteiger charge is 2.21. The van der Waals surface area contributed by atoms with Gasteiger partial charge in [-0.05, 0) is 97.3 Å². The van der Waals surface area contributed by atoms with Crippen molar-refractivity contribution in [3.63, 3.8) is 0 Å². The Hall–Kier alpha value is -2.38. The number of benzene rings is 1. The molecule has 0 bridgehead atoms. The number of rotatable bonds is 6. The number of aryl methyl sites for hydroxylation is 2. The van der Waals surface area contributed by atoms with Gasteiger partial charge in [-0.15, -0.1) is 11.8 Å². The largest absolute Gasteiger partial charge is 0.324 e.